The first-order chi connectivity index (χ1) is 31.4. The molecule has 2 unspecified atom stereocenters. The molecule has 1 aliphatic rings. The van der Waals surface area contributed by atoms with E-state index in [-0.39, 0.29) is 48.0 Å². The molecule has 3 heterocycles. The number of imidazole rings is 1. The normalized spacial score (nSPS) is 20.0. The zero-order valence-corrected chi connectivity index (χ0v) is 40.6. The molecule has 30 heteroatoms. The Kier molecular flexibility index (Phi) is 24.4. The van der Waals surface area contributed by atoms with Gasteiger partial charge in [-0.1, -0.05) is 89.8 Å². The number of nitrogens with one attached hydrogen (secondary N) is 2. The fraction of sp³-hybridized carbons (Fsp3) is 0.757. The first-order valence-corrected chi connectivity index (χ1v) is 27.0. The highest BCUT2D eigenvalue weighted by molar-refractivity contribution is 8.13. The van der Waals surface area contributed by atoms with Crippen LogP contribution in [0.4, 0.5) is 5.82 Å². The second-order valence-corrected chi connectivity index (χ2v) is 21.5. The topological polar surface area (TPSA) is 415 Å². The average Bonchev–Trinajstić information content (AvgIpc) is 3.80. The molecule has 382 valence electrons. The SMILES string of the molecule is CC(C)(COP(=O)([O-])OP(=O)([O-])OC[C@H]1O[C@@H](n2cnc3c(N)ncnc32)[C@H](O)[C@@H]1OP(=O)([O-])[O-])[C@@H](O)C(=O)NCCC(=O)NCCSC(=O)CCCCCCCCCCCCCCC(=O)[O-]. The van der Waals surface area contributed by atoms with Crippen LogP contribution in [0.1, 0.15) is 116 Å². The third-order valence-corrected chi connectivity index (χ3v) is 14.2. The molecule has 0 aromatic carbocycles. The summed E-state index contributed by atoms with van der Waals surface area (Å²) in [6.07, 6.45) is 5.21. The number of nitrogens with two attached hydrogens (primary N) is 1. The number of aromatic nitrogens is 4. The summed E-state index contributed by atoms with van der Waals surface area (Å²) in [5.74, 6) is -2.19. The van der Waals surface area contributed by atoms with Crippen LogP contribution in [0.3, 0.4) is 0 Å². The van der Waals surface area contributed by atoms with Crippen LogP contribution >= 0.6 is 35.2 Å². The number of carbonyl (C=O) groups excluding carboxylic acids is 4. The minimum Gasteiger partial charge on any atom is -0.790 e. The first-order valence-electron chi connectivity index (χ1n) is 21.6. The van der Waals surface area contributed by atoms with Gasteiger partial charge < -0.3 is 78.9 Å². The zero-order valence-electron chi connectivity index (χ0n) is 37.1. The fourth-order valence-electron chi connectivity index (χ4n) is 6.65. The van der Waals surface area contributed by atoms with Gasteiger partial charge in [0, 0.05) is 43.1 Å². The van der Waals surface area contributed by atoms with Crippen LogP contribution < -0.4 is 41.0 Å². The van der Waals surface area contributed by atoms with E-state index in [1.165, 1.54) is 13.8 Å². The highest BCUT2D eigenvalue weighted by Crippen LogP contribution is 2.56. The van der Waals surface area contributed by atoms with Gasteiger partial charge in [0.2, 0.25) is 11.8 Å². The number of amides is 2. The van der Waals surface area contributed by atoms with E-state index in [4.69, 9.17) is 10.5 Å². The number of rotatable bonds is 34. The van der Waals surface area contributed by atoms with Gasteiger partial charge in [-0.3, -0.25) is 28.1 Å². The Morgan fingerprint density at radius 1 is 0.866 bits per heavy atom. The number of phosphoric ester groups is 3. The van der Waals surface area contributed by atoms with Crippen LogP contribution in [-0.4, -0.2) is 109 Å². The second-order valence-electron chi connectivity index (χ2n) is 16.3. The molecule has 0 radical (unpaired) electrons. The maximum absolute atomic E-state index is 12.6. The molecule has 0 aliphatic carbocycles. The number of aliphatic hydroxyl groups excluding tert-OH is 2. The van der Waals surface area contributed by atoms with Crippen molar-refractivity contribution in [1.82, 2.24) is 30.2 Å². The molecular weight excluding hydrogens is 971 g/mol. The van der Waals surface area contributed by atoms with Gasteiger partial charge in [0.25, 0.3) is 15.6 Å². The Balaban J connectivity index is 1.30. The number of nitrogens with zero attached hydrogens (tertiary/aromatic N) is 4. The molecule has 67 heavy (non-hydrogen) atoms. The monoisotopic (exact) mass is 1030 g/mol. The van der Waals surface area contributed by atoms with Crippen LogP contribution in [0.15, 0.2) is 12.7 Å². The van der Waals surface area contributed by atoms with Crippen molar-refractivity contribution < 1.29 is 90.4 Å². The number of fused-ring (bicyclic) bond motifs is 1. The Hall–Kier alpha value is -2.97. The Bertz CT molecular complexity index is 2060. The predicted octanol–water partition coefficient (Wildman–Crippen LogP) is -0.652. The van der Waals surface area contributed by atoms with Crippen molar-refractivity contribution in [3.63, 3.8) is 0 Å². The molecule has 2 aromatic heterocycles. The second kappa shape index (κ2) is 28.0. The highest BCUT2D eigenvalue weighted by Gasteiger charge is 2.47. The van der Waals surface area contributed by atoms with Crippen molar-refractivity contribution in [3.05, 3.63) is 12.7 Å². The Labute approximate surface area is 391 Å². The highest BCUT2D eigenvalue weighted by atomic mass is 32.2. The van der Waals surface area contributed by atoms with Gasteiger partial charge in [-0.25, -0.2) is 19.3 Å². The van der Waals surface area contributed by atoms with Crippen molar-refractivity contribution in [2.45, 2.75) is 141 Å². The van der Waals surface area contributed by atoms with Crippen LogP contribution in [0, 0.1) is 5.41 Å². The first kappa shape index (κ1) is 58.3. The quantitative estimate of drug-likeness (QED) is 0.0429. The molecule has 7 atom stereocenters. The molecule has 2 amide bonds. The molecule has 3 rings (SSSR count). The Morgan fingerprint density at radius 2 is 1.45 bits per heavy atom. The van der Waals surface area contributed by atoms with E-state index in [9.17, 15) is 67.8 Å². The van der Waals surface area contributed by atoms with Crippen LogP contribution in [-0.2, 0) is 55.5 Å². The number of hydrogen-bond acceptors (Lipinski definition) is 24. The number of nitrogen functional groups attached to an aromatic ring is 1. The summed E-state index contributed by atoms with van der Waals surface area (Å²) < 4.78 is 60.7. The van der Waals surface area contributed by atoms with E-state index < -0.39 is 90.5 Å². The van der Waals surface area contributed by atoms with E-state index in [1.54, 1.807) is 0 Å². The number of ether oxygens (including phenoxy) is 1. The van der Waals surface area contributed by atoms with Crippen LogP contribution in [0.5, 0.6) is 0 Å². The molecule has 0 spiro atoms. The van der Waals surface area contributed by atoms with E-state index in [2.05, 4.69) is 43.5 Å². The van der Waals surface area contributed by atoms with Gasteiger partial charge in [-0.05, 0) is 19.3 Å². The van der Waals surface area contributed by atoms with Gasteiger partial charge in [-0.2, -0.15) is 0 Å². The van der Waals surface area contributed by atoms with Crippen molar-refractivity contribution in [1.29, 1.82) is 0 Å². The number of anilines is 1. The largest absolute Gasteiger partial charge is 0.790 e. The summed E-state index contributed by atoms with van der Waals surface area (Å²) in [5, 5.41) is 36.8. The number of carbonyl (C=O) groups is 4. The van der Waals surface area contributed by atoms with Gasteiger partial charge in [0.15, 0.2) is 22.8 Å². The molecule has 26 nitrogen and oxygen atoms in total. The summed E-state index contributed by atoms with van der Waals surface area (Å²) >= 11 is 1.11. The summed E-state index contributed by atoms with van der Waals surface area (Å²) in [5.41, 5.74) is 4.06. The molecule has 1 aliphatic heterocycles. The number of carboxylic acid groups (broad SMARTS) is 1. The van der Waals surface area contributed by atoms with Crippen LogP contribution in [0.25, 0.3) is 11.2 Å². The van der Waals surface area contributed by atoms with Gasteiger partial charge in [0.1, 0.15) is 36.3 Å². The summed E-state index contributed by atoms with van der Waals surface area (Å²) in [4.78, 5) is 107. The van der Waals surface area contributed by atoms with Gasteiger partial charge in [-0.15, -0.1) is 0 Å². The van der Waals surface area contributed by atoms with Gasteiger partial charge >= 0.3 is 0 Å². The predicted molar refractivity (Wildman–Crippen MR) is 228 cm³/mol. The molecule has 0 saturated carbocycles. The molecule has 2 aromatic rings. The third kappa shape index (κ3) is 21.7. The lowest BCUT2D eigenvalue weighted by Crippen LogP contribution is -2.46. The lowest BCUT2D eigenvalue weighted by molar-refractivity contribution is -0.347. The van der Waals surface area contributed by atoms with Gasteiger partial charge in [0.05, 0.1) is 27.4 Å². The minimum absolute atomic E-state index is 0.0227. The fourth-order valence-corrected chi connectivity index (χ4v) is 10.1. The van der Waals surface area contributed by atoms with E-state index in [0.717, 1.165) is 99.6 Å². The lowest BCUT2D eigenvalue weighted by Gasteiger charge is -2.36. The maximum Gasteiger partial charge on any atom is 0.274 e. The zero-order chi connectivity index (χ0) is 49.8. The number of carboxylic acids is 1. The van der Waals surface area contributed by atoms with E-state index in [0.29, 0.717) is 18.6 Å². The molecule has 6 N–H and O–H groups in total. The smallest absolute Gasteiger partial charge is 0.274 e. The lowest BCUT2D eigenvalue weighted by atomic mass is 9.87. The van der Waals surface area contributed by atoms with E-state index >= 15 is 0 Å². The molecule has 1 fully saturated rings. The summed E-state index contributed by atoms with van der Waals surface area (Å²) in [6, 6.07) is 0. The van der Waals surface area contributed by atoms with E-state index in [1.807, 2.05) is 0 Å². The molecule has 0 bridgehead atoms. The number of phosphoric acid groups is 3. The number of hydrogen-bond donors (Lipinski definition) is 5. The number of thioether (sulfide) groups is 1. The molecule has 1 saturated heterocycles. The average molecular weight is 1030 g/mol. The molecular formula is C37H59N7O19P3S-5. The number of unbranched alkanes of at least 4 members (excludes halogenated alkanes) is 11. The van der Waals surface area contributed by atoms with Crippen LogP contribution in [0.2, 0.25) is 0 Å². The third-order valence-electron chi connectivity index (χ3n) is 10.3. The van der Waals surface area contributed by atoms with Crippen molar-refractivity contribution >= 4 is 75.1 Å². The maximum atomic E-state index is 12.6. The van der Waals surface area contributed by atoms with Crippen molar-refractivity contribution in [2.24, 2.45) is 5.41 Å². The minimum atomic E-state index is -5.93. The summed E-state index contributed by atoms with van der Waals surface area (Å²) in [6.45, 7) is 0.0933. The van der Waals surface area contributed by atoms with Crippen molar-refractivity contribution in [2.75, 3.05) is 37.8 Å². The van der Waals surface area contributed by atoms with Crippen molar-refractivity contribution in [3.8, 4) is 0 Å². The number of aliphatic hydroxyl groups is 2. The summed E-state index contributed by atoms with van der Waals surface area (Å²) in [7, 11) is -17.6. The number of aliphatic carboxylic acids is 1. The Morgan fingerprint density at radius 3 is 2.04 bits per heavy atom. The standard InChI is InChI=1S/C37H64N7O19P3S/c1-37(2,32(50)35(51)40-18-17-26(45)39-19-20-67-28(48)16-14-12-10-8-6-4-3-5-7-9-11-13-15-27(46)47)22-60-66(57,58)63-65(55,56)59-21-25-31(62-64(52,53)54)30(49)36(61-25)44-24-43-29-33(38)41-23-42-34(29)44/h23-25,30-32,36,49-50H,3-22H2,1-2H3,(H,39,45)(H,40,51)(H,46,47)(H,55,56)(H,57,58)(H2,38,41,42)(H2,52,53,54)/p-5/t25-,30-,31-,32+,36-/m1/s1.